The van der Waals surface area contributed by atoms with E-state index in [-0.39, 0.29) is 12.0 Å². The molecular weight excluding hydrogens is 200 g/mol. The minimum atomic E-state index is 0.203. The lowest BCUT2D eigenvalue weighted by Crippen LogP contribution is -2.43. The Morgan fingerprint density at radius 2 is 2.12 bits per heavy atom. The van der Waals surface area contributed by atoms with Crippen LogP contribution in [0.15, 0.2) is 0 Å². The molecule has 94 valence electrons. The summed E-state index contributed by atoms with van der Waals surface area (Å²) in [5.41, 5.74) is 5.98. The fourth-order valence-corrected chi connectivity index (χ4v) is 2.42. The average Bonchev–Trinajstić information content (AvgIpc) is 2.29. The van der Waals surface area contributed by atoms with Gasteiger partial charge in [-0.05, 0) is 38.5 Å². The van der Waals surface area contributed by atoms with Crippen LogP contribution in [0.2, 0.25) is 0 Å². The van der Waals surface area contributed by atoms with Crippen LogP contribution >= 0.6 is 0 Å². The number of carbonyl (C=O) groups is 1. The largest absolute Gasteiger partial charge is 0.343 e. The van der Waals surface area contributed by atoms with Crippen LogP contribution in [-0.4, -0.2) is 29.9 Å². The van der Waals surface area contributed by atoms with Crippen molar-refractivity contribution in [3.05, 3.63) is 0 Å². The molecule has 0 aliphatic heterocycles. The van der Waals surface area contributed by atoms with Crippen LogP contribution in [-0.2, 0) is 4.79 Å². The minimum absolute atomic E-state index is 0.203. The predicted octanol–water partition coefficient (Wildman–Crippen LogP) is 2.01. The van der Waals surface area contributed by atoms with Gasteiger partial charge >= 0.3 is 0 Å². The highest BCUT2D eigenvalue weighted by Gasteiger charge is 2.31. The summed E-state index contributed by atoms with van der Waals surface area (Å²) in [6.45, 7) is 6.39. The van der Waals surface area contributed by atoms with Gasteiger partial charge in [-0.1, -0.05) is 13.8 Å². The van der Waals surface area contributed by atoms with E-state index < -0.39 is 0 Å². The molecule has 4 unspecified atom stereocenters. The molecule has 1 fully saturated rings. The highest BCUT2D eigenvalue weighted by molar-refractivity contribution is 5.79. The number of carbonyl (C=O) groups excluding carboxylic acids is 1. The fourth-order valence-electron chi connectivity index (χ4n) is 2.42. The molecule has 16 heavy (non-hydrogen) atoms. The lowest BCUT2D eigenvalue weighted by Gasteiger charge is -2.35. The van der Waals surface area contributed by atoms with Crippen molar-refractivity contribution < 1.29 is 4.79 Å². The first-order chi connectivity index (χ1) is 7.47. The van der Waals surface area contributed by atoms with Crippen molar-refractivity contribution in [1.29, 1.82) is 0 Å². The molecular formula is C13H26N2O. The van der Waals surface area contributed by atoms with Crippen LogP contribution in [0, 0.1) is 11.8 Å². The second kappa shape index (κ2) is 5.67. The molecule has 4 atom stereocenters. The van der Waals surface area contributed by atoms with E-state index in [1.54, 1.807) is 0 Å². The van der Waals surface area contributed by atoms with E-state index in [1.807, 2.05) is 11.9 Å². The summed E-state index contributed by atoms with van der Waals surface area (Å²) in [7, 11) is 1.93. The van der Waals surface area contributed by atoms with Crippen molar-refractivity contribution in [2.45, 2.75) is 58.5 Å². The summed E-state index contributed by atoms with van der Waals surface area (Å²) in [6.07, 6.45) is 3.93. The maximum absolute atomic E-state index is 12.2. The zero-order valence-corrected chi connectivity index (χ0v) is 11.1. The van der Waals surface area contributed by atoms with E-state index in [2.05, 4.69) is 20.8 Å². The van der Waals surface area contributed by atoms with Gasteiger partial charge < -0.3 is 10.6 Å². The Morgan fingerprint density at radius 1 is 1.50 bits per heavy atom. The van der Waals surface area contributed by atoms with E-state index in [0.717, 1.165) is 25.7 Å². The zero-order valence-electron chi connectivity index (χ0n) is 11.1. The van der Waals surface area contributed by atoms with Gasteiger partial charge in [-0.25, -0.2) is 0 Å². The number of rotatable bonds is 3. The number of nitrogens with zero attached hydrogens (tertiary/aromatic N) is 1. The van der Waals surface area contributed by atoms with Crippen molar-refractivity contribution in [3.8, 4) is 0 Å². The lowest BCUT2D eigenvalue weighted by molar-refractivity contribution is -0.137. The van der Waals surface area contributed by atoms with E-state index in [4.69, 9.17) is 5.73 Å². The maximum atomic E-state index is 12.2. The SMILES string of the molecule is CCC(C)N(C)C(=O)C1CCC(N)C(C)C1. The van der Waals surface area contributed by atoms with Gasteiger partial charge in [-0.15, -0.1) is 0 Å². The van der Waals surface area contributed by atoms with Gasteiger partial charge in [0.1, 0.15) is 0 Å². The van der Waals surface area contributed by atoms with Gasteiger partial charge in [0.2, 0.25) is 5.91 Å². The third kappa shape index (κ3) is 2.97. The van der Waals surface area contributed by atoms with E-state index >= 15 is 0 Å². The molecule has 1 aliphatic rings. The number of nitrogens with two attached hydrogens (primary N) is 1. The maximum Gasteiger partial charge on any atom is 0.225 e. The Labute approximate surface area is 99.4 Å². The van der Waals surface area contributed by atoms with E-state index in [9.17, 15) is 4.79 Å². The monoisotopic (exact) mass is 226 g/mol. The molecule has 2 N–H and O–H groups in total. The van der Waals surface area contributed by atoms with Gasteiger partial charge in [-0.3, -0.25) is 4.79 Å². The van der Waals surface area contributed by atoms with E-state index in [1.165, 1.54) is 0 Å². The predicted molar refractivity (Wildman–Crippen MR) is 67.0 cm³/mol. The first-order valence-electron chi connectivity index (χ1n) is 6.49. The van der Waals surface area contributed by atoms with Crippen LogP contribution in [0.25, 0.3) is 0 Å². The van der Waals surface area contributed by atoms with Crippen LogP contribution in [0.4, 0.5) is 0 Å². The Morgan fingerprint density at radius 3 is 2.62 bits per heavy atom. The highest BCUT2D eigenvalue weighted by Crippen LogP contribution is 2.29. The third-order valence-corrected chi connectivity index (χ3v) is 4.18. The average molecular weight is 226 g/mol. The molecule has 0 bridgehead atoms. The summed E-state index contributed by atoms with van der Waals surface area (Å²) in [6, 6.07) is 0.636. The normalized spacial score (nSPS) is 32.2. The molecule has 0 aromatic carbocycles. The quantitative estimate of drug-likeness (QED) is 0.800. The molecule has 0 aromatic heterocycles. The molecule has 3 nitrogen and oxygen atoms in total. The van der Waals surface area contributed by atoms with Gasteiger partial charge in [-0.2, -0.15) is 0 Å². The van der Waals surface area contributed by atoms with Crippen molar-refractivity contribution in [2.75, 3.05) is 7.05 Å². The Kier molecular flexibility index (Phi) is 4.78. The summed E-state index contributed by atoms with van der Waals surface area (Å²) in [5.74, 6) is 0.995. The number of amides is 1. The summed E-state index contributed by atoms with van der Waals surface area (Å²) >= 11 is 0. The molecule has 1 aliphatic carbocycles. The summed E-state index contributed by atoms with van der Waals surface area (Å²) in [5, 5.41) is 0. The first kappa shape index (κ1) is 13.5. The molecule has 0 saturated heterocycles. The lowest BCUT2D eigenvalue weighted by atomic mass is 9.78. The van der Waals surface area contributed by atoms with Crippen LogP contribution < -0.4 is 5.73 Å². The van der Waals surface area contributed by atoms with Crippen LogP contribution in [0.1, 0.15) is 46.5 Å². The molecule has 0 aromatic rings. The summed E-state index contributed by atoms with van der Waals surface area (Å²) < 4.78 is 0. The molecule has 3 heteroatoms. The third-order valence-electron chi connectivity index (χ3n) is 4.18. The van der Waals surface area contributed by atoms with Crippen molar-refractivity contribution in [2.24, 2.45) is 17.6 Å². The first-order valence-corrected chi connectivity index (χ1v) is 6.49. The van der Waals surface area contributed by atoms with Crippen molar-refractivity contribution >= 4 is 5.91 Å². The van der Waals surface area contributed by atoms with Crippen molar-refractivity contribution in [3.63, 3.8) is 0 Å². The van der Waals surface area contributed by atoms with Crippen molar-refractivity contribution in [1.82, 2.24) is 4.90 Å². The topological polar surface area (TPSA) is 46.3 Å². The van der Waals surface area contributed by atoms with Gasteiger partial charge in [0, 0.05) is 25.0 Å². The second-order valence-electron chi connectivity index (χ2n) is 5.36. The molecule has 1 saturated carbocycles. The minimum Gasteiger partial charge on any atom is -0.343 e. The smallest absolute Gasteiger partial charge is 0.225 e. The second-order valence-corrected chi connectivity index (χ2v) is 5.36. The van der Waals surface area contributed by atoms with Gasteiger partial charge in [0.15, 0.2) is 0 Å². The van der Waals surface area contributed by atoms with Gasteiger partial charge in [0.25, 0.3) is 0 Å². The Bertz CT molecular complexity index is 242. The van der Waals surface area contributed by atoms with Crippen LogP contribution in [0.3, 0.4) is 0 Å². The Balaban J connectivity index is 2.55. The molecule has 0 heterocycles. The van der Waals surface area contributed by atoms with E-state index in [0.29, 0.717) is 17.9 Å². The zero-order chi connectivity index (χ0) is 12.3. The molecule has 0 radical (unpaired) electrons. The molecule has 0 spiro atoms. The highest BCUT2D eigenvalue weighted by atomic mass is 16.2. The Hall–Kier alpha value is -0.570. The van der Waals surface area contributed by atoms with Gasteiger partial charge in [0.05, 0.1) is 0 Å². The summed E-state index contributed by atoms with van der Waals surface area (Å²) in [4.78, 5) is 14.1. The number of hydrogen-bond donors (Lipinski definition) is 1. The van der Waals surface area contributed by atoms with Crippen LogP contribution in [0.5, 0.6) is 0 Å². The standard InChI is InChI=1S/C13H26N2O/c1-5-10(3)15(4)13(16)11-6-7-12(14)9(2)8-11/h9-12H,5-8,14H2,1-4H3. The molecule has 1 amide bonds. The fraction of sp³-hybridized carbons (Fsp3) is 0.923. The molecule has 1 rings (SSSR count). The number of hydrogen-bond acceptors (Lipinski definition) is 2.